The van der Waals surface area contributed by atoms with Crippen molar-refractivity contribution in [2.24, 2.45) is 14.1 Å². The summed E-state index contributed by atoms with van der Waals surface area (Å²) in [6.45, 7) is 0. The molecule has 0 spiro atoms. The number of rotatable bonds is 2. The van der Waals surface area contributed by atoms with Gasteiger partial charge in [-0.2, -0.15) is 0 Å². The van der Waals surface area contributed by atoms with Crippen LogP contribution in [-0.4, -0.2) is 16.2 Å². The molecule has 8 heteroatoms. The normalized spacial score (nSPS) is 14.7. The molecule has 0 saturated heterocycles. The van der Waals surface area contributed by atoms with E-state index < -0.39 is 5.69 Å². The number of benzene rings is 1. The Morgan fingerprint density at radius 2 is 1.74 bits per heavy atom. The van der Waals surface area contributed by atoms with Crippen LogP contribution in [0.25, 0.3) is 0 Å². The summed E-state index contributed by atoms with van der Waals surface area (Å²) >= 11 is 0. The van der Waals surface area contributed by atoms with Crippen LogP contribution in [0.3, 0.4) is 0 Å². The molecule has 2 aromatic rings. The highest BCUT2D eigenvalue weighted by Gasteiger charge is 2.28. The van der Waals surface area contributed by atoms with E-state index in [4.69, 9.17) is 10.5 Å². The molecule has 0 saturated carbocycles. The first kappa shape index (κ1) is 14.8. The van der Waals surface area contributed by atoms with Crippen LogP contribution < -0.4 is 31.9 Å². The van der Waals surface area contributed by atoms with Gasteiger partial charge in [-0.15, -0.1) is 0 Å². The molecule has 0 aliphatic carbocycles. The van der Waals surface area contributed by atoms with Gasteiger partial charge in [-0.1, -0.05) is 0 Å². The van der Waals surface area contributed by atoms with Crippen molar-refractivity contribution in [3.8, 4) is 5.75 Å². The Kier molecular flexibility index (Phi) is 3.36. The molecular weight excluding hydrogens is 298 g/mol. The van der Waals surface area contributed by atoms with E-state index in [0.29, 0.717) is 28.8 Å². The van der Waals surface area contributed by atoms with Gasteiger partial charge in [-0.3, -0.25) is 13.9 Å². The van der Waals surface area contributed by atoms with E-state index in [2.05, 4.69) is 5.32 Å². The highest BCUT2D eigenvalue weighted by atomic mass is 16.5. The molecule has 1 aliphatic heterocycles. The van der Waals surface area contributed by atoms with Crippen molar-refractivity contribution in [2.75, 3.05) is 23.0 Å². The van der Waals surface area contributed by atoms with Gasteiger partial charge in [0.25, 0.3) is 5.56 Å². The van der Waals surface area contributed by atoms with Gasteiger partial charge < -0.3 is 20.7 Å². The number of nitrogens with zero attached hydrogens (tertiary/aromatic N) is 3. The second kappa shape index (κ2) is 5.24. The lowest BCUT2D eigenvalue weighted by Gasteiger charge is -2.12. The fourth-order valence-electron chi connectivity index (χ4n) is 2.38. The Hall–Kier alpha value is -3.16. The average molecular weight is 315 g/mol. The summed E-state index contributed by atoms with van der Waals surface area (Å²) in [7, 11) is 4.78. The van der Waals surface area contributed by atoms with E-state index in [-0.39, 0.29) is 5.56 Å². The molecule has 23 heavy (non-hydrogen) atoms. The lowest BCUT2D eigenvalue weighted by atomic mass is 10.3. The maximum Gasteiger partial charge on any atom is 0.332 e. The van der Waals surface area contributed by atoms with Gasteiger partial charge in [0.1, 0.15) is 23.7 Å². The Bertz CT molecular complexity index is 908. The molecule has 0 radical (unpaired) electrons. The van der Waals surface area contributed by atoms with Crippen LogP contribution in [0.2, 0.25) is 0 Å². The molecule has 8 nitrogen and oxygen atoms in total. The van der Waals surface area contributed by atoms with Gasteiger partial charge >= 0.3 is 5.69 Å². The number of nitrogens with two attached hydrogens (primary N) is 1. The van der Waals surface area contributed by atoms with Crippen LogP contribution in [0.4, 0.5) is 17.2 Å². The summed E-state index contributed by atoms with van der Waals surface area (Å²) in [5, 5.41) is 3.03. The van der Waals surface area contributed by atoms with Crippen molar-refractivity contribution < 1.29 is 4.74 Å². The molecule has 2 heterocycles. The fourth-order valence-corrected chi connectivity index (χ4v) is 2.38. The largest absolute Gasteiger partial charge is 0.461 e. The Balaban J connectivity index is 1.96. The first-order valence-electron chi connectivity index (χ1n) is 6.93. The third-order valence-electron chi connectivity index (χ3n) is 3.77. The van der Waals surface area contributed by atoms with E-state index in [1.165, 1.54) is 17.9 Å². The van der Waals surface area contributed by atoms with Crippen LogP contribution in [0.1, 0.15) is 0 Å². The number of ether oxygens (including phenoxy) is 1. The van der Waals surface area contributed by atoms with Gasteiger partial charge in [0.05, 0.1) is 0 Å². The van der Waals surface area contributed by atoms with E-state index >= 15 is 0 Å². The van der Waals surface area contributed by atoms with Crippen LogP contribution in [-0.2, 0) is 14.1 Å². The van der Waals surface area contributed by atoms with Crippen molar-refractivity contribution >= 4 is 17.2 Å². The van der Waals surface area contributed by atoms with E-state index in [0.717, 1.165) is 4.57 Å². The smallest absolute Gasteiger partial charge is 0.332 e. The van der Waals surface area contributed by atoms with Gasteiger partial charge in [0.15, 0.2) is 5.69 Å². The molecule has 0 atom stereocenters. The van der Waals surface area contributed by atoms with Crippen LogP contribution >= 0.6 is 0 Å². The summed E-state index contributed by atoms with van der Waals surface area (Å²) in [6.07, 6.45) is 1.48. The predicted octanol–water partition coefficient (Wildman–Crippen LogP) is 0.406. The Morgan fingerprint density at radius 3 is 2.39 bits per heavy atom. The van der Waals surface area contributed by atoms with Gasteiger partial charge in [-0.25, -0.2) is 4.79 Å². The molecule has 1 aliphatic rings. The number of aromatic nitrogens is 2. The minimum absolute atomic E-state index is 0.367. The van der Waals surface area contributed by atoms with Crippen molar-refractivity contribution in [2.45, 2.75) is 0 Å². The number of hydrogen-bond donors (Lipinski definition) is 2. The maximum absolute atomic E-state index is 12.3. The molecule has 120 valence electrons. The van der Waals surface area contributed by atoms with Crippen LogP contribution in [0, 0.1) is 0 Å². The van der Waals surface area contributed by atoms with E-state index in [9.17, 15) is 9.59 Å². The molecular formula is C15H17N5O3. The van der Waals surface area contributed by atoms with Crippen LogP contribution in [0.5, 0.6) is 5.75 Å². The summed E-state index contributed by atoms with van der Waals surface area (Å²) in [5.74, 6) is 1.60. The number of nitrogens with one attached hydrogen (secondary N) is 1. The fraction of sp³-hybridized carbons (Fsp3) is 0.200. The van der Waals surface area contributed by atoms with E-state index in [1.54, 1.807) is 43.3 Å². The zero-order valence-electron chi connectivity index (χ0n) is 13.0. The minimum Gasteiger partial charge on any atom is -0.461 e. The summed E-state index contributed by atoms with van der Waals surface area (Å²) in [4.78, 5) is 25.9. The van der Waals surface area contributed by atoms with Gasteiger partial charge in [-0.05, 0) is 24.3 Å². The van der Waals surface area contributed by atoms with Crippen molar-refractivity contribution in [1.29, 1.82) is 0 Å². The zero-order chi connectivity index (χ0) is 16.7. The second-order valence-corrected chi connectivity index (χ2v) is 5.28. The van der Waals surface area contributed by atoms with Crippen molar-refractivity contribution in [3.05, 3.63) is 57.2 Å². The van der Waals surface area contributed by atoms with E-state index in [1.807, 2.05) is 0 Å². The quantitative estimate of drug-likeness (QED) is 0.615. The number of anilines is 3. The highest BCUT2D eigenvalue weighted by Crippen LogP contribution is 2.30. The summed E-state index contributed by atoms with van der Waals surface area (Å²) in [6, 6.07) is 6.94. The first-order chi connectivity index (χ1) is 10.9. The molecule has 0 bridgehead atoms. The number of hydrogen-bond acceptors (Lipinski definition) is 6. The highest BCUT2D eigenvalue weighted by molar-refractivity contribution is 5.76. The topological polar surface area (TPSA) is 94.5 Å². The molecule has 0 unspecified atom stereocenters. The number of fused-ring (bicyclic) bond motifs is 1. The maximum atomic E-state index is 12.3. The Labute approximate surface area is 132 Å². The summed E-state index contributed by atoms with van der Waals surface area (Å²) in [5.41, 5.74) is 5.90. The first-order valence-corrected chi connectivity index (χ1v) is 6.93. The molecule has 3 N–H and O–H groups in total. The average Bonchev–Trinajstić information content (AvgIpc) is 2.87. The predicted molar refractivity (Wildman–Crippen MR) is 88.5 cm³/mol. The Morgan fingerprint density at radius 1 is 1.09 bits per heavy atom. The number of nitrogen functional groups attached to an aromatic ring is 1. The minimum atomic E-state index is -0.393. The second-order valence-electron chi connectivity index (χ2n) is 5.28. The van der Waals surface area contributed by atoms with Crippen LogP contribution in [0.15, 0.2) is 45.9 Å². The molecule has 0 amide bonds. The standard InChI is InChI=1S/C15H17N5O3/c1-18-11(8-23-10-6-4-9(16)5-7-10)17-13-12(18)14(21)20(3)15(22)19(13)2/h4-8,17H,16H2,1-3H3. The SMILES string of the molecule is CN1C(=COc2ccc(N)cc2)Nc2c1c(=O)n(C)c(=O)n2C. The molecule has 3 rings (SSSR count). The molecule has 1 aromatic carbocycles. The summed E-state index contributed by atoms with van der Waals surface area (Å²) < 4.78 is 8.03. The molecule has 0 fully saturated rings. The van der Waals surface area contributed by atoms with Crippen molar-refractivity contribution in [1.82, 2.24) is 9.13 Å². The lowest BCUT2D eigenvalue weighted by molar-refractivity contribution is 0.475. The third kappa shape index (κ3) is 2.33. The molecule has 1 aromatic heterocycles. The van der Waals surface area contributed by atoms with Gasteiger partial charge in [0.2, 0.25) is 0 Å². The van der Waals surface area contributed by atoms with Gasteiger partial charge in [0, 0.05) is 26.8 Å². The third-order valence-corrected chi connectivity index (χ3v) is 3.77. The lowest BCUT2D eigenvalue weighted by Crippen LogP contribution is -2.38. The monoisotopic (exact) mass is 315 g/mol. The van der Waals surface area contributed by atoms with Crippen molar-refractivity contribution in [3.63, 3.8) is 0 Å². The zero-order valence-corrected chi connectivity index (χ0v) is 13.0.